The van der Waals surface area contributed by atoms with E-state index in [4.69, 9.17) is 11.6 Å². The number of hydrogen-bond acceptors (Lipinski definition) is 1. The summed E-state index contributed by atoms with van der Waals surface area (Å²) in [7, 11) is 0. The van der Waals surface area contributed by atoms with Crippen LogP contribution in [-0.2, 0) is 0 Å². The zero-order valence-corrected chi connectivity index (χ0v) is 13.7. The summed E-state index contributed by atoms with van der Waals surface area (Å²) in [5.41, 5.74) is 1.21. The molecule has 2 aromatic carbocycles. The van der Waals surface area contributed by atoms with Crippen LogP contribution in [0.1, 0.15) is 21.5 Å². The van der Waals surface area contributed by atoms with Crippen LogP contribution in [0.4, 0.5) is 4.39 Å². The summed E-state index contributed by atoms with van der Waals surface area (Å²) in [6, 6.07) is 8.21. The molecule has 5 heteroatoms. The summed E-state index contributed by atoms with van der Waals surface area (Å²) in [5.74, 6) is -1.08. The molecular weight excluding hydrogens is 398 g/mol. The average Bonchev–Trinajstić information content (AvgIpc) is 2.35. The first-order valence-corrected chi connectivity index (χ1v) is 7.32. The predicted octanol–water partition coefficient (Wildman–Crippen LogP) is 5.54. The Hall–Kier alpha value is -0.710. The maximum Gasteiger partial charge on any atom is 0.196 e. The fourth-order valence-corrected chi connectivity index (χ4v) is 2.67. The molecule has 0 amide bonds. The Bertz CT molecular complexity index is 671. The van der Waals surface area contributed by atoms with Crippen molar-refractivity contribution in [1.29, 1.82) is 0 Å². The molecule has 0 spiro atoms. The second-order valence-corrected chi connectivity index (χ2v) is 6.16. The van der Waals surface area contributed by atoms with Gasteiger partial charge in [-0.05, 0) is 58.7 Å². The van der Waals surface area contributed by atoms with E-state index >= 15 is 0 Å². The molecule has 0 heterocycles. The maximum absolute atomic E-state index is 14.0. The van der Waals surface area contributed by atoms with Crippen molar-refractivity contribution < 1.29 is 9.18 Å². The van der Waals surface area contributed by atoms with Crippen LogP contribution in [0.2, 0.25) is 5.02 Å². The number of aryl methyl sites for hydroxylation is 1. The van der Waals surface area contributed by atoms with Crippen molar-refractivity contribution in [3.05, 3.63) is 66.8 Å². The monoisotopic (exact) mass is 404 g/mol. The Morgan fingerprint density at radius 3 is 2.42 bits per heavy atom. The zero-order chi connectivity index (χ0) is 14.2. The summed E-state index contributed by atoms with van der Waals surface area (Å²) in [6.07, 6.45) is 0. The third-order valence-electron chi connectivity index (χ3n) is 2.71. The molecule has 0 bridgehead atoms. The molecule has 0 saturated heterocycles. The largest absolute Gasteiger partial charge is 0.288 e. The van der Waals surface area contributed by atoms with Gasteiger partial charge in [0.25, 0.3) is 0 Å². The molecule has 0 aliphatic carbocycles. The fourth-order valence-electron chi connectivity index (χ4n) is 1.73. The van der Waals surface area contributed by atoms with Gasteiger partial charge in [0.15, 0.2) is 11.6 Å². The van der Waals surface area contributed by atoms with E-state index in [0.29, 0.717) is 10.0 Å². The highest BCUT2D eigenvalue weighted by Gasteiger charge is 2.19. The molecule has 2 aromatic rings. The normalized spacial score (nSPS) is 10.6. The second-order valence-electron chi connectivity index (χ2n) is 4.01. The summed E-state index contributed by atoms with van der Waals surface area (Å²) in [5, 5.41) is -0.0828. The first-order valence-electron chi connectivity index (χ1n) is 5.36. The summed E-state index contributed by atoms with van der Waals surface area (Å²) in [6.45, 7) is 1.80. The van der Waals surface area contributed by atoms with E-state index in [1.165, 1.54) is 6.07 Å². The van der Waals surface area contributed by atoms with Crippen molar-refractivity contribution in [2.24, 2.45) is 0 Å². The molecule has 19 heavy (non-hydrogen) atoms. The third kappa shape index (κ3) is 2.91. The first-order chi connectivity index (χ1) is 8.91. The van der Waals surface area contributed by atoms with E-state index in [9.17, 15) is 9.18 Å². The van der Waals surface area contributed by atoms with Crippen molar-refractivity contribution in [3.63, 3.8) is 0 Å². The molecule has 0 fully saturated rings. The molecule has 0 aliphatic heterocycles. The van der Waals surface area contributed by atoms with Gasteiger partial charge in [-0.1, -0.05) is 27.5 Å². The van der Waals surface area contributed by atoms with Gasteiger partial charge in [0.2, 0.25) is 0 Å². The quantitative estimate of drug-likeness (QED) is 0.473. The number of ketones is 1. The first kappa shape index (κ1) is 14.7. The lowest BCUT2D eigenvalue weighted by atomic mass is 9.99. The predicted molar refractivity (Wildman–Crippen MR) is 81.4 cm³/mol. The van der Waals surface area contributed by atoms with Gasteiger partial charge in [0.05, 0.1) is 10.6 Å². The van der Waals surface area contributed by atoms with Gasteiger partial charge in [-0.2, -0.15) is 0 Å². The number of halogens is 4. The van der Waals surface area contributed by atoms with Gasteiger partial charge in [-0.3, -0.25) is 4.79 Å². The number of benzene rings is 2. The van der Waals surface area contributed by atoms with E-state index in [1.807, 2.05) is 6.07 Å². The average molecular weight is 406 g/mol. The van der Waals surface area contributed by atoms with Crippen LogP contribution in [0, 0.1) is 12.7 Å². The number of rotatable bonds is 2. The molecule has 0 saturated carbocycles. The summed E-state index contributed by atoms with van der Waals surface area (Å²) >= 11 is 12.2. The van der Waals surface area contributed by atoms with Gasteiger partial charge in [0.1, 0.15) is 0 Å². The van der Waals surface area contributed by atoms with Crippen molar-refractivity contribution in [2.45, 2.75) is 6.92 Å². The van der Waals surface area contributed by atoms with Gasteiger partial charge in [0, 0.05) is 14.5 Å². The Labute approximate surface area is 132 Å². The molecule has 0 aliphatic rings. The lowest BCUT2D eigenvalue weighted by Gasteiger charge is -2.08. The van der Waals surface area contributed by atoms with Crippen molar-refractivity contribution in [3.8, 4) is 0 Å². The summed E-state index contributed by atoms with van der Waals surface area (Å²) < 4.78 is 15.3. The molecule has 98 valence electrons. The van der Waals surface area contributed by atoms with Crippen molar-refractivity contribution >= 4 is 49.2 Å². The molecule has 0 unspecified atom stereocenters. The smallest absolute Gasteiger partial charge is 0.196 e. The highest BCUT2D eigenvalue weighted by atomic mass is 79.9. The minimum absolute atomic E-state index is 0.0291. The molecular formula is C14H8Br2ClFO. The van der Waals surface area contributed by atoms with Crippen molar-refractivity contribution in [2.75, 3.05) is 0 Å². The Morgan fingerprint density at radius 2 is 1.79 bits per heavy atom. The minimum Gasteiger partial charge on any atom is -0.288 e. The Morgan fingerprint density at radius 1 is 1.16 bits per heavy atom. The fraction of sp³-hybridized carbons (Fsp3) is 0.0714. The Kier molecular flexibility index (Phi) is 4.43. The van der Waals surface area contributed by atoms with Crippen LogP contribution in [0.25, 0.3) is 0 Å². The van der Waals surface area contributed by atoms with Crippen LogP contribution < -0.4 is 0 Å². The van der Waals surface area contributed by atoms with Crippen LogP contribution in [0.3, 0.4) is 0 Å². The molecule has 0 atom stereocenters. The van der Waals surface area contributed by atoms with Crippen LogP contribution >= 0.6 is 43.5 Å². The highest BCUT2D eigenvalue weighted by Crippen LogP contribution is 2.29. The van der Waals surface area contributed by atoms with Crippen LogP contribution in [0.5, 0.6) is 0 Å². The second kappa shape index (κ2) is 5.73. The topological polar surface area (TPSA) is 17.1 Å². The molecule has 0 N–H and O–H groups in total. The maximum atomic E-state index is 14.0. The van der Waals surface area contributed by atoms with Crippen LogP contribution in [0.15, 0.2) is 39.3 Å². The number of carbonyl (C=O) groups is 1. The van der Waals surface area contributed by atoms with Gasteiger partial charge >= 0.3 is 0 Å². The highest BCUT2D eigenvalue weighted by molar-refractivity contribution is 9.10. The van der Waals surface area contributed by atoms with Gasteiger partial charge < -0.3 is 0 Å². The van der Waals surface area contributed by atoms with Crippen molar-refractivity contribution in [1.82, 2.24) is 0 Å². The lowest BCUT2D eigenvalue weighted by Crippen LogP contribution is -2.06. The zero-order valence-electron chi connectivity index (χ0n) is 9.81. The van der Waals surface area contributed by atoms with Gasteiger partial charge in [-0.15, -0.1) is 0 Å². The van der Waals surface area contributed by atoms with E-state index in [0.717, 1.165) is 10.0 Å². The molecule has 0 aromatic heterocycles. The lowest BCUT2D eigenvalue weighted by molar-refractivity contribution is 0.103. The van der Waals surface area contributed by atoms with E-state index in [2.05, 4.69) is 31.9 Å². The summed E-state index contributed by atoms with van der Waals surface area (Å²) in [4.78, 5) is 12.3. The van der Waals surface area contributed by atoms with E-state index in [-0.39, 0.29) is 16.4 Å². The molecule has 0 radical (unpaired) electrons. The van der Waals surface area contributed by atoms with E-state index in [1.54, 1.807) is 25.1 Å². The van der Waals surface area contributed by atoms with E-state index < -0.39 is 5.82 Å². The van der Waals surface area contributed by atoms with Gasteiger partial charge in [-0.25, -0.2) is 4.39 Å². The standard InChI is InChI=1S/C14H8Br2ClFO/c1-7-6-8(15)2-3-9(7)14(19)10-4-5-11(16)12(17)13(10)18/h2-6H,1H3. The minimum atomic E-state index is -0.705. The SMILES string of the molecule is Cc1cc(Br)ccc1C(=O)c1ccc(Br)c(Cl)c1F. The molecule has 2 rings (SSSR count). The Balaban J connectivity index is 2.53. The number of hydrogen-bond donors (Lipinski definition) is 0. The third-order valence-corrected chi connectivity index (χ3v) is 4.46. The molecule has 1 nitrogen and oxygen atoms in total. The van der Waals surface area contributed by atoms with Crippen LogP contribution in [-0.4, -0.2) is 5.78 Å². The number of carbonyl (C=O) groups excluding carboxylic acids is 1.